The van der Waals surface area contributed by atoms with Crippen molar-refractivity contribution in [2.24, 2.45) is 0 Å². The van der Waals surface area contributed by atoms with Gasteiger partial charge in [0.25, 0.3) is 0 Å². The highest BCUT2D eigenvalue weighted by Crippen LogP contribution is 2.14. The summed E-state index contributed by atoms with van der Waals surface area (Å²) < 4.78 is 6.29. The summed E-state index contributed by atoms with van der Waals surface area (Å²) in [6, 6.07) is 9.43. The highest BCUT2D eigenvalue weighted by atomic mass is 127. The van der Waals surface area contributed by atoms with Crippen LogP contribution in [0.5, 0.6) is 0 Å². The van der Waals surface area contributed by atoms with Crippen LogP contribution in [0.15, 0.2) is 41.0 Å². The van der Waals surface area contributed by atoms with Crippen LogP contribution in [0.1, 0.15) is 16.1 Å². The number of anilines is 1. The number of hydrogen-bond acceptors (Lipinski definition) is 3. The van der Waals surface area contributed by atoms with Gasteiger partial charge in [-0.15, -0.1) is 0 Å². The Morgan fingerprint density at radius 3 is 2.65 bits per heavy atom. The van der Waals surface area contributed by atoms with Crippen LogP contribution >= 0.6 is 22.6 Å². The van der Waals surface area contributed by atoms with E-state index in [9.17, 15) is 4.79 Å². The monoisotopic (exact) mass is 343 g/mol. The van der Waals surface area contributed by atoms with Gasteiger partial charge in [-0.1, -0.05) is 0 Å². The second-order valence-corrected chi connectivity index (χ2v) is 4.71. The van der Waals surface area contributed by atoms with E-state index in [0.717, 1.165) is 5.69 Å². The maximum atomic E-state index is 10.6. The van der Waals surface area contributed by atoms with Crippen LogP contribution < -0.4 is 5.32 Å². The molecule has 2 aromatic rings. The minimum Gasteiger partial charge on any atom is -0.478 e. The van der Waals surface area contributed by atoms with Gasteiger partial charge in [0.1, 0.15) is 12.0 Å². The van der Waals surface area contributed by atoms with E-state index in [0.29, 0.717) is 12.3 Å². The van der Waals surface area contributed by atoms with Crippen LogP contribution in [0.25, 0.3) is 0 Å². The predicted octanol–water partition coefficient (Wildman–Crippen LogP) is 3.19. The molecule has 2 N–H and O–H groups in total. The maximum absolute atomic E-state index is 10.6. The van der Waals surface area contributed by atoms with E-state index in [-0.39, 0.29) is 5.56 Å². The van der Waals surface area contributed by atoms with Gasteiger partial charge in [0.05, 0.1) is 12.1 Å². The van der Waals surface area contributed by atoms with Gasteiger partial charge < -0.3 is 14.8 Å². The molecule has 5 heteroatoms. The first-order valence-electron chi connectivity index (χ1n) is 4.95. The third-order valence-corrected chi connectivity index (χ3v) is 2.93. The number of benzene rings is 1. The number of carboxylic acid groups (broad SMARTS) is 1. The zero-order valence-electron chi connectivity index (χ0n) is 8.81. The Labute approximate surface area is 112 Å². The van der Waals surface area contributed by atoms with Crippen LogP contribution in [-0.4, -0.2) is 11.1 Å². The number of rotatable bonds is 4. The third-order valence-electron chi connectivity index (χ3n) is 2.21. The zero-order valence-corrected chi connectivity index (χ0v) is 11.0. The highest BCUT2D eigenvalue weighted by molar-refractivity contribution is 14.1. The van der Waals surface area contributed by atoms with Gasteiger partial charge in [-0.2, -0.15) is 0 Å². The van der Waals surface area contributed by atoms with Crippen LogP contribution in [0.3, 0.4) is 0 Å². The van der Waals surface area contributed by atoms with Crippen molar-refractivity contribution < 1.29 is 14.3 Å². The van der Waals surface area contributed by atoms with Gasteiger partial charge in [0, 0.05) is 9.26 Å². The lowest BCUT2D eigenvalue weighted by atomic mass is 10.3. The van der Waals surface area contributed by atoms with Crippen LogP contribution in [-0.2, 0) is 6.54 Å². The molecule has 1 aromatic carbocycles. The van der Waals surface area contributed by atoms with Gasteiger partial charge in [0.15, 0.2) is 0 Å². The number of aromatic carboxylic acids is 1. The summed E-state index contributed by atoms with van der Waals surface area (Å²) in [4.78, 5) is 10.6. The summed E-state index contributed by atoms with van der Waals surface area (Å²) in [5.74, 6) is -0.379. The van der Waals surface area contributed by atoms with Gasteiger partial charge in [-0.25, -0.2) is 4.79 Å². The fourth-order valence-corrected chi connectivity index (χ4v) is 1.70. The van der Waals surface area contributed by atoms with Crippen molar-refractivity contribution in [3.8, 4) is 0 Å². The van der Waals surface area contributed by atoms with Crippen molar-refractivity contribution >= 4 is 34.2 Å². The Bertz CT molecular complexity index is 519. The molecule has 0 fully saturated rings. The van der Waals surface area contributed by atoms with Crippen molar-refractivity contribution in [1.82, 2.24) is 0 Å². The van der Waals surface area contributed by atoms with E-state index < -0.39 is 5.97 Å². The molecule has 0 radical (unpaired) electrons. The lowest BCUT2D eigenvalue weighted by Gasteiger charge is -2.03. The topological polar surface area (TPSA) is 62.5 Å². The first kappa shape index (κ1) is 12.0. The average Bonchev–Trinajstić information content (AvgIpc) is 2.77. The quantitative estimate of drug-likeness (QED) is 0.837. The molecule has 0 aliphatic rings. The molecular formula is C12H10INO3. The smallest absolute Gasteiger partial charge is 0.338 e. The number of furan rings is 1. The summed E-state index contributed by atoms with van der Waals surface area (Å²) in [5.41, 5.74) is 1.14. The number of hydrogen-bond donors (Lipinski definition) is 2. The Balaban J connectivity index is 1.97. The fraction of sp³-hybridized carbons (Fsp3) is 0.0833. The van der Waals surface area contributed by atoms with E-state index >= 15 is 0 Å². The van der Waals surface area contributed by atoms with Crippen LogP contribution in [0, 0.1) is 3.57 Å². The summed E-state index contributed by atoms with van der Waals surface area (Å²) in [7, 11) is 0. The standard InChI is InChI=1S/C12H10INO3/c13-9-1-3-10(4-2-9)14-6-11-5-8(7-17-11)12(15)16/h1-5,7,14H,6H2,(H,15,16). The second kappa shape index (κ2) is 5.22. The van der Waals surface area contributed by atoms with Gasteiger partial charge in [0.2, 0.25) is 0 Å². The predicted molar refractivity (Wildman–Crippen MR) is 72.2 cm³/mol. The molecule has 1 heterocycles. The molecule has 0 aliphatic heterocycles. The van der Waals surface area contributed by atoms with Crippen molar-refractivity contribution in [3.63, 3.8) is 0 Å². The highest BCUT2D eigenvalue weighted by Gasteiger charge is 2.07. The van der Waals surface area contributed by atoms with Gasteiger partial charge >= 0.3 is 5.97 Å². The number of nitrogens with one attached hydrogen (secondary N) is 1. The number of carbonyl (C=O) groups is 1. The molecule has 0 aliphatic carbocycles. The normalized spacial score (nSPS) is 10.2. The van der Waals surface area contributed by atoms with Crippen LogP contribution in [0.4, 0.5) is 5.69 Å². The summed E-state index contributed by atoms with van der Waals surface area (Å²) in [6.45, 7) is 0.466. The molecule has 0 unspecified atom stereocenters. The lowest BCUT2D eigenvalue weighted by Crippen LogP contribution is -1.98. The summed E-state index contributed by atoms with van der Waals surface area (Å²) in [6.07, 6.45) is 1.24. The van der Waals surface area contributed by atoms with E-state index in [4.69, 9.17) is 9.52 Å². The minimum absolute atomic E-state index is 0.171. The van der Waals surface area contributed by atoms with Crippen molar-refractivity contribution in [2.45, 2.75) is 6.54 Å². The molecule has 4 nitrogen and oxygen atoms in total. The molecule has 0 spiro atoms. The first-order chi connectivity index (χ1) is 8.15. The number of carboxylic acids is 1. The molecule has 0 bridgehead atoms. The average molecular weight is 343 g/mol. The van der Waals surface area contributed by atoms with Crippen molar-refractivity contribution in [3.05, 3.63) is 51.5 Å². The molecule has 0 atom stereocenters. The Morgan fingerprint density at radius 1 is 1.35 bits per heavy atom. The lowest BCUT2D eigenvalue weighted by molar-refractivity contribution is 0.0696. The van der Waals surface area contributed by atoms with E-state index in [1.165, 1.54) is 15.9 Å². The molecular weight excluding hydrogens is 333 g/mol. The minimum atomic E-state index is -0.978. The van der Waals surface area contributed by atoms with Crippen molar-refractivity contribution in [2.75, 3.05) is 5.32 Å². The molecule has 0 saturated carbocycles. The molecule has 2 rings (SSSR count). The Hall–Kier alpha value is -1.50. The zero-order chi connectivity index (χ0) is 12.3. The second-order valence-electron chi connectivity index (χ2n) is 3.47. The molecule has 17 heavy (non-hydrogen) atoms. The Morgan fingerprint density at radius 2 is 2.06 bits per heavy atom. The van der Waals surface area contributed by atoms with Gasteiger partial charge in [-0.05, 0) is 52.9 Å². The van der Waals surface area contributed by atoms with Crippen molar-refractivity contribution in [1.29, 1.82) is 0 Å². The van der Waals surface area contributed by atoms with E-state index in [1.807, 2.05) is 24.3 Å². The van der Waals surface area contributed by atoms with E-state index in [2.05, 4.69) is 27.9 Å². The molecule has 0 amide bonds. The Kier molecular flexibility index (Phi) is 3.68. The van der Waals surface area contributed by atoms with Crippen LogP contribution in [0.2, 0.25) is 0 Å². The van der Waals surface area contributed by atoms with Gasteiger partial charge in [-0.3, -0.25) is 0 Å². The number of halogens is 1. The van der Waals surface area contributed by atoms with E-state index in [1.54, 1.807) is 0 Å². The summed E-state index contributed by atoms with van der Waals surface area (Å²) in [5, 5.41) is 11.9. The molecule has 1 aromatic heterocycles. The fourth-order valence-electron chi connectivity index (χ4n) is 1.34. The molecule has 88 valence electrons. The third kappa shape index (κ3) is 3.23. The molecule has 0 saturated heterocycles. The summed E-state index contributed by atoms with van der Waals surface area (Å²) >= 11 is 2.24. The largest absolute Gasteiger partial charge is 0.478 e. The maximum Gasteiger partial charge on any atom is 0.338 e. The SMILES string of the molecule is O=C(O)c1coc(CNc2ccc(I)cc2)c1. The first-order valence-corrected chi connectivity index (χ1v) is 6.03.